The fraction of sp³-hybridized carbons (Fsp3) is 0.619. The summed E-state index contributed by atoms with van der Waals surface area (Å²) in [6.45, 7) is 6.73. The van der Waals surface area contributed by atoms with Gasteiger partial charge in [0.2, 0.25) is 0 Å². The molecule has 3 atom stereocenters. The highest BCUT2D eigenvalue weighted by molar-refractivity contribution is 5.55. The molecule has 0 unspecified atom stereocenters. The van der Waals surface area contributed by atoms with Crippen LogP contribution in [0.1, 0.15) is 69.1 Å². The molecule has 2 nitrogen and oxygen atoms in total. The number of aromatic hydroxyl groups is 1. The first-order chi connectivity index (χ1) is 10.9. The second-order valence-electron chi connectivity index (χ2n) is 8.25. The summed E-state index contributed by atoms with van der Waals surface area (Å²) in [4.78, 5) is 0. The molecule has 3 aliphatic rings. The van der Waals surface area contributed by atoms with E-state index in [-0.39, 0.29) is 16.9 Å². The number of allylic oxidation sites excluding steroid dienone is 1. The van der Waals surface area contributed by atoms with E-state index in [0.29, 0.717) is 5.75 Å². The van der Waals surface area contributed by atoms with Gasteiger partial charge in [-0.1, -0.05) is 31.1 Å². The van der Waals surface area contributed by atoms with Crippen LogP contribution >= 0.6 is 0 Å². The van der Waals surface area contributed by atoms with Crippen molar-refractivity contribution in [2.45, 2.75) is 77.2 Å². The van der Waals surface area contributed by atoms with Gasteiger partial charge in [0.25, 0.3) is 0 Å². The molecule has 0 heterocycles. The highest BCUT2D eigenvalue weighted by Gasteiger charge is 2.51. The van der Waals surface area contributed by atoms with Gasteiger partial charge in [-0.05, 0) is 80.0 Å². The van der Waals surface area contributed by atoms with Gasteiger partial charge in [-0.2, -0.15) is 0 Å². The summed E-state index contributed by atoms with van der Waals surface area (Å²) in [5.41, 5.74) is 7.45. The Balaban J connectivity index is 1.95. The van der Waals surface area contributed by atoms with Gasteiger partial charge in [-0.3, -0.25) is 0 Å². The lowest BCUT2D eigenvalue weighted by atomic mass is 9.54. The average Bonchev–Trinajstić information content (AvgIpc) is 2.84. The summed E-state index contributed by atoms with van der Waals surface area (Å²) in [5, 5.41) is 20.4. The normalized spacial score (nSPS) is 35.7. The van der Waals surface area contributed by atoms with Gasteiger partial charge in [-0.15, -0.1) is 0 Å². The van der Waals surface area contributed by atoms with E-state index in [0.717, 1.165) is 37.7 Å². The topological polar surface area (TPSA) is 40.5 Å². The van der Waals surface area contributed by atoms with Crippen LogP contribution in [-0.2, 0) is 11.8 Å². The molecule has 4 rings (SSSR count). The third-order valence-electron chi connectivity index (χ3n) is 7.21. The summed E-state index contributed by atoms with van der Waals surface area (Å²) in [6.07, 6.45) is 7.27. The van der Waals surface area contributed by atoms with Crippen molar-refractivity contribution < 1.29 is 10.2 Å². The largest absolute Gasteiger partial charge is 0.508 e. The first kappa shape index (κ1) is 15.3. The standard InChI is InChI=1S/C21H28O2/c1-4-21-10-9-20(3)12-14(22)11-18(20)17(21)6-5-15-13(2)19(23)8-7-16(15)21/h7-8,14,22-23H,4-6,9-12H2,1-3H3/t14-,20-,21+/m0/s1. The minimum absolute atomic E-state index is 0.144. The zero-order valence-corrected chi connectivity index (χ0v) is 14.6. The average molecular weight is 312 g/mol. The van der Waals surface area contributed by atoms with Crippen molar-refractivity contribution in [1.82, 2.24) is 0 Å². The second-order valence-corrected chi connectivity index (χ2v) is 8.25. The number of phenolic OH excluding ortho intramolecular Hbond substituents is 1. The molecule has 2 heteroatoms. The molecule has 0 radical (unpaired) electrons. The summed E-state index contributed by atoms with van der Waals surface area (Å²) in [5.74, 6) is 0.433. The third-order valence-corrected chi connectivity index (χ3v) is 7.21. The summed E-state index contributed by atoms with van der Waals surface area (Å²) >= 11 is 0. The maximum atomic E-state index is 10.3. The van der Waals surface area contributed by atoms with Gasteiger partial charge in [0.15, 0.2) is 0 Å². The lowest BCUT2D eigenvalue weighted by Gasteiger charge is -2.50. The molecular weight excluding hydrogens is 284 g/mol. The molecule has 1 fully saturated rings. The van der Waals surface area contributed by atoms with Crippen molar-refractivity contribution >= 4 is 0 Å². The predicted octanol–water partition coefficient (Wildman–Crippen LogP) is 4.55. The van der Waals surface area contributed by atoms with Crippen LogP contribution < -0.4 is 0 Å². The van der Waals surface area contributed by atoms with Gasteiger partial charge in [-0.25, -0.2) is 0 Å². The van der Waals surface area contributed by atoms with Crippen LogP contribution in [0.15, 0.2) is 23.3 Å². The van der Waals surface area contributed by atoms with Crippen molar-refractivity contribution in [2.75, 3.05) is 0 Å². The van der Waals surface area contributed by atoms with E-state index in [2.05, 4.69) is 26.8 Å². The molecule has 3 aliphatic carbocycles. The Morgan fingerprint density at radius 1 is 1.17 bits per heavy atom. The zero-order chi connectivity index (χ0) is 16.4. The van der Waals surface area contributed by atoms with E-state index in [4.69, 9.17) is 0 Å². The number of aliphatic hydroxyl groups excluding tert-OH is 1. The van der Waals surface area contributed by atoms with Crippen LogP contribution in [0.25, 0.3) is 0 Å². The predicted molar refractivity (Wildman–Crippen MR) is 92.7 cm³/mol. The minimum atomic E-state index is -0.155. The van der Waals surface area contributed by atoms with Gasteiger partial charge < -0.3 is 10.2 Å². The number of hydrogen-bond acceptors (Lipinski definition) is 2. The maximum Gasteiger partial charge on any atom is 0.118 e. The Morgan fingerprint density at radius 2 is 1.96 bits per heavy atom. The van der Waals surface area contributed by atoms with Crippen molar-refractivity contribution in [3.8, 4) is 5.75 Å². The molecule has 0 saturated heterocycles. The number of rotatable bonds is 1. The highest BCUT2D eigenvalue weighted by Crippen LogP contribution is 2.61. The Hall–Kier alpha value is -1.28. The molecule has 0 aromatic heterocycles. The molecule has 2 N–H and O–H groups in total. The molecule has 124 valence electrons. The van der Waals surface area contributed by atoms with Crippen LogP contribution in [-0.4, -0.2) is 16.3 Å². The Bertz CT molecular complexity index is 702. The van der Waals surface area contributed by atoms with E-state index in [1.807, 2.05) is 6.07 Å². The fourth-order valence-corrected chi connectivity index (χ4v) is 5.90. The molecule has 23 heavy (non-hydrogen) atoms. The maximum absolute atomic E-state index is 10.3. The lowest BCUT2D eigenvalue weighted by molar-refractivity contribution is 0.155. The second kappa shape index (κ2) is 4.86. The van der Waals surface area contributed by atoms with E-state index < -0.39 is 0 Å². The van der Waals surface area contributed by atoms with E-state index in [1.54, 1.807) is 11.1 Å². The van der Waals surface area contributed by atoms with Crippen LogP contribution in [0, 0.1) is 12.3 Å². The SMILES string of the molecule is CC[C@]12CC[C@@]3(C)C[C@@H](O)CC3=C1CCc1c2ccc(O)c1C. The Kier molecular flexibility index (Phi) is 3.22. The van der Waals surface area contributed by atoms with Crippen LogP contribution in [0.4, 0.5) is 0 Å². The first-order valence-electron chi connectivity index (χ1n) is 9.14. The number of benzene rings is 1. The van der Waals surface area contributed by atoms with Gasteiger partial charge >= 0.3 is 0 Å². The van der Waals surface area contributed by atoms with Crippen LogP contribution in [0.3, 0.4) is 0 Å². The van der Waals surface area contributed by atoms with Crippen LogP contribution in [0.2, 0.25) is 0 Å². The van der Waals surface area contributed by atoms with Gasteiger partial charge in [0, 0.05) is 5.41 Å². The quantitative estimate of drug-likeness (QED) is 0.747. The van der Waals surface area contributed by atoms with Crippen molar-refractivity contribution in [1.29, 1.82) is 0 Å². The Labute approximate surface area is 139 Å². The van der Waals surface area contributed by atoms with Gasteiger partial charge in [0.05, 0.1) is 6.10 Å². The monoisotopic (exact) mass is 312 g/mol. The molecule has 1 aromatic rings. The minimum Gasteiger partial charge on any atom is -0.508 e. The van der Waals surface area contributed by atoms with E-state index in [9.17, 15) is 10.2 Å². The Morgan fingerprint density at radius 3 is 2.70 bits per heavy atom. The van der Waals surface area contributed by atoms with E-state index >= 15 is 0 Å². The van der Waals surface area contributed by atoms with E-state index in [1.165, 1.54) is 24.0 Å². The lowest BCUT2D eigenvalue weighted by Crippen LogP contribution is -2.40. The summed E-state index contributed by atoms with van der Waals surface area (Å²) in [7, 11) is 0. The smallest absolute Gasteiger partial charge is 0.118 e. The van der Waals surface area contributed by atoms with Crippen molar-refractivity contribution in [3.63, 3.8) is 0 Å². The number of hydrogen-bond donors (Lipinski definition) is 2. The highest BCUT2D eigenvalue weighted by atomic mass is 16.3. The molecular formula is C21H28O2. The van der Waals surface area contributed by atoms with Crippen molar-refractivity contribution in [2.24, 2.45) is 5.41 Å². The van der Waals surface area contributed by atoms with Gasteiger partial charge in [0.1, 0.15) is 5.75 Å². The molecule has 0 bridgehead atoms. The fourth-order valence-electron chi connectivity index (χ4n) is 5.90. The molecule has 0 amide bonds. The molecule has 0 spiro atoms. The first-order valence-corrected chi connectivity index (χ1v) is 9.14. The van der Waals surface area contributed by atoms with Crippen LogP contribution in [0.5, 0.6) is 5.75 Å². The number of fused-ring (bicyclic) bond motifs is 4. The number of phenols is 1. The molecule has 1 saturated carbocycles. The zero-order valence-electron chi connectivity index (χ0n) is 14.6. The van der Waals surface area contributed by atoms with Crippen molar-refractivity contribution in [3.05, 3.63) is 40.0 Å². The molecule has 0 aliphatic heterocycles. The summed E-state index contributed by atoms with van der Waals surface area (Å²) < 4.78 is 0. The number of aliphatic hydroxyl groups is 1. The summed E-state index contributed by atoms with van der Waals surface area (Å²) in [6, 6.07) is 4.06. The molecule has 1 aromatic carbocycles. The third kappa shape index (κ3) is 1.91.